The summed E-state index contributed by atoms with van der Waals surface area (Å²) in [6.45, 7) is 3.49. The molecule has 2 aromatic carbocycles. The summed E-state index contributed by atoms with van der Waals surface area (Å²) in [5.74, 6) is -0.904. The van der Waals surface area contributed by atoms with Gasteiger partial charge >= 0.3 is 0 Å². The predicted octanol–water partition coefficient (Wildman–Crippen LogP) is 3.59. The average molecular weight is 403 g/mol. The van der Waals surface area contributed by atoms with Gasteiger partial charge in [-0.3, -0.25) is 9.59 Å². The van der Waals surface area contributed by atoms with Crippen LogP contribution in [0.5, 0.6) is 0 Å². The summed E-state index contributed by atoms with van der Waals surface area (Å²) in [6, 6.07) is 9.08. The van der Waals surface area contributed by atoms with Gasteiger partial charge in [0.2, 0.25) is 0 Å². The number of carbonyl (C=O) groups is 1. The number of benzene rings is 2. The minimum absolute atomic E-state index is 0.0216. The van der Waals surface area contributed by atoms with Gasteiger partial charge in [0, 0.05) is 23.5 Å². The third kappa shape index (κ3) is 3.79. The molecule has 0 saturated heterocycles. The second-order valence-corrected chi connectivity index (χ2v) is 7.12. The molecule has 1 atom stereocenters. The van der Waals surface area contributed by atoms with Crippen LogP contribution in [-0.4, -0.2) is 22.2 Å². The molecule has 1 heterocycles. The maximum Gasteiger partial charge on any atom is 0.258 e. The first kappa shape index (κ1) is 20.0. The van der Waals surface area contributed by atoms with Gasteiger partial charge in [0.05, 0.1) is 23.2 Å². The average Bonchev–Trinajstić information content (AvgIpc) is 2.68. The molecule has 7 heteroatoms. The Morgan fingerprint density at radius 2 is 2.00 bits per heavy atom. The zero-order valence-electron chi connectivity index (χ0n) is 15.5. The Morgan fingerprint density at radius 3 is 2.68 bits per heavy atom. The molecule has 1 aromatic heterocycles. The lowest BCUT2D eigenvalue weighted by atomic mass is 10.00. The highest BCUT2D eigenvalue weighted by Crippen LogP contribution is 2.21. The Kier molecular flexibility index (Phi) is 5.82. The lowest BCUT2D eigenvalue weighted by Gasteiger charge is -2.15. The van der Waals surface area contributed by atoms with Crippen molar-refractivity contribution in [1.82, 2.24) is 9.88 Å². The molecule has 28 heavy (non-hydrogen) atoms. The number of nitrogens with one attached hydrogen (secondary N) is 1. The first-order valence-electron chi connectivity index (χ1n) is 8.81. The van der Waals surface area contributed by atoms with Crippen molar-refractivity contribution < 1.29 is 14.3 Å². The zero-order valence-corrected chi connectivity index (χ0v) is 16.3. The van der Waals surface area contributed by atoms with Gasteiger partial charge in [-0.05, 0) is 49.2 Å². The quantitative estimate of drug-likeness (QED) is 0.685. The number of pyridine rings is 1. The van der Waals surface area contributed by atoms with Crippen LogP contribution in [0.1, 0.15) is 34.5 Å². The normalized spacial score (nSPS) is 12.2. The number of halogens is 2. The monoisotopic (exact) mass is 402 g/mol. The van der Waals surface area contributed by atoms with Crippen molar-refractivity contribution >= 4 is 28.3 Å². The fourth-order valence-corrected chi connectivity index (χ4v) is 3.22. The number of hydrogen-bond donors (Lipinski definition) is 2. The zero-order chi connectivity index (χ0) is 20.4. The minimum Gasteiger partial charge on any atom is -0.394 e. The molecule has 0 aliphatic rings. The number of aliphatic hydroxyl groups excluding tert-OH is 1. The lowest BCUT2D eigenvalue weighted by molar-refractivity contribution is 0.0952. The van der Waals surface area contributed by atoms with E-state index in [0.29, 0.717) is 21.9 Å². The Balaban J connectivity index is 1.96. The van der Waals surface area contributed by atoms with Crippen LogP contribution in [0.3, 0.4) is 0 Å². The second kappa shape index (κ2) is 8.12. The molecule has 3 aromatic rings. The van der Waals surface area contributed by atoms with Crippen LogP contribution in [0.25, 0.3) is 10.8 Å². The molecule has 3 rings (SSSR count). The number of amides is 1. The third-order valence-electron chi connectivity index (χ3n) is 4.72. The van der Waals surface area contributed by atoms with E-state index in [0.717, 1.165) is 5.56 Å². The number of rotatable bonds is 5. The van der Waals surface area contributed by atoms with E-state index >= 15 is 0 Å². The Labute approximate surface area is 166 Å². The minimum atomic E-state index is -0.548. The van der Waals surface area contributed by atoms with E-state index in [1.165, 1.54) is 16.7 Å². The Morgan fingerprint density at radius 1 is 1.25 bits per heavy atom. The van der Waals surface area contributed by atoms with E-state index in [1.54, 1.807) is 44.3 Å². The van der Waals surface area contributed by atoms with E-state index in [4.69, 9.17) is 11.6 Å². The van der Waals surface area contributed by atoms with Gasteiger partial charge < -0.3 is 15.0 Å². The number of hydrogen-bond acceptors (Lipinski definition) is 3. The molecule has 0 aliphatic carbocycles. The molecule has 0 fully saturated rings. The SMILES string of the molecule is Cc1ccc2c(=O)n([C@H](C)CO)ccc2c1C(=O)NCc1ccc(Cl)c(F)c1. The Bertz CT molecular complexity index is 1110. The molecule has 1 amide bonds. The molecule has 0 unspecified atom stereocenters. The number of carbonyl (C=O) groups excluding carboxylic acids is 1. The first-order chi connectivity index (χ1) is 13.3. The van der Waals surface area contributed by atoms with Crippen LogP contribution < -0.4 is 10.9 Å². The molecule has 0 saturated carbocycles. The van der Waals surface area contributed by atoms with Crippen LogP contribution in [0.4, 0.5) is 4.39 Å². The molecule has 146 valence electrons. The van der Waals surface area contributed by atoms with Crippen molar-refractivity contribution in [2.45, 2.75) is 26.4 Å². The summed E-state index contributed by atoms with van der Waals surface area (Å²) in [4.78, 5) is 25.5. The summed E-state index contributed by atoms with van der Waals surface area (Å²) >= 11 is 5.68. The summed E-state index contributed by atoms with van der Waals surface area (Å²) in [6.07, 6.45) is 1.58. The van der Waals surface area contributed by atoms with Crippen molar-refractivity contribution in [3.05, 3.63) is 80.5 Å². The van der Waals surface area contributed by atoms with Crippen molar-refractivity contribution in [2.24, 2.45) is 0 Å². The Hall–Kier alpha value is -2.70. The van der Waals surface area contributed by atoms with Crippen LogP contribution in [0.15, 0.2) is 47.4 Å². The fraction of sp³-hybridized carbons (Fsp3) is 0.238. The lowest BCUT2D eigenvalue weighted by Crippen LogP contribution is -2.27. The fourth-order valence-electron chi connectivity index (χ4n) is 3.11. The number of aryl methyl sites for hydroxylation is 1. The molecule has 2 N–H and O–H groups in total. The second-order valence-electron chi connectivity index (χ2n) is 6.71. The number of aliphatic hydroxyl groups is 1. The highest BCUT2D eigenvalue weighted by Gasteiger charge is 2.17. The maximum atomic E-state index is 13.6. The van der Waals surface area contributed by atoms with Crippen molar-refractivity contribution in [3.8, 4) is 0 Å². The summed E-state index contributed by atoms with van der Waals surface area (Å²) in [5.41, 5.74) is 1.42. The predicted molar refractivity (Wildman–Crippen MR) is 107 cm³/mol. The van der Waals surface area contributed by atoms with Crippen LogP contribution >= 0.6 is 11.6 Å². The molecule has 0 bridgehead atoms. The number of aromatic nitrogens is 1. The van der Waals surface area contributed by atoms with Crippen LogP contribution in [0.2, 0.25) is 5.02 Å². The van der Waals surface area contributed by atoms with E-state index in [2.05, 4.69) is 5.32 Å². The van der Waals surface area contributed by atoms with Gasteiger partial charge in [-0.1, -0.05) is 23.7 Å². The van der Waals surface area contributed by atoms with Gasteiger partial charge in [-0.2, -0.15) is 0 Å². The van der Waals surface area contributed by atoms with Crippen molar-refractivity contribution in [1.29, 1.82) is 0 Å². The van der Waals surface area contributed by atoms with Gasteiger partial charge in [0.15, 0.2) is 0 Å². The standard InChI is InChI=1S/C21H20ClFN2O3/c1-12-3-5-16-15(7-8-25(21(16)28)13(2)11-26)19(12)20(27)24-10-14-4-6-17(22)18(23)9-14/h3-9,13,26H,10-11H2,1-2H3,(H,24,27)/t13-/m1/s1. The third-order valence-corrected chi connectivity index (χ3v) is 5.03. The number of fused-ring (bicyclic) bond motifs is 1. The van der Waals surface area contributed by atoms with Crippen molar-refractivity contribution in [3.63, 3.8) is 0 Å². The van der Waals surface area contributed by atoms with E-state index in [-0.39, 0.29) is 35.7 Å². The molecular weight excluding hydrogens is 383 g/mol. The number of nitrogens with zero attached hydrogens (tertiary/aromatic N) is 1. The highest BCUT2D eigenvalue weighted by molar-refractivity contribution is 6.30. The van der Waals surface area contributed by atoms with Crippen LogP contribution in [-0.2, 0) is 6.54 Å². The smallest absolute Gasteiger partial charge is 0.258 e. The summed E-state index contributed by atoms with van der Waals surface area (Å²) in [7, 11) is 0. The molecule has 0 spiro atoms. The van der Waals surface area contributed by atoms with Gasteiger partial charge in [-0.25, -0.2) is 4.39 Å². The molecular formula is C21H20ClFN2O3. The molecule has 5 nitrogen and oxygen atoms in total. The largest absolute Gasteiger partial charge is 0.394 e. The maximum absolute atomic E-state index is 13.6. The van der Waals surface area contributed by atoms with Crippen molar-refractivity contribution in [2.75, 3.05) is 6.61 Å². The van der Waals surface area contributed by atoms with Crippen LogP contribution in [0, 0.1) is 12.7 Å². The van der Waals surface area contributed by atoms with Gasteiger partial charge in [0.25, 0.3) is 11.5 Å². The summed E-state index contributed by atoms with van der Waals surface area (Å²) in [5, 5.41) is 13.0. The topological polar surface area (TPSA) is 71.3 Å². The van der Waals surface area contributed by atoms with E-state index in [9.17, 15) is 19.1 Å². The van der Waals surface area contributed by atoms with E-state index < -0.39 is 5.82 Å². The first-order valence-corrected chi connectivity index (χ1v) is 9.18. The highest BCUT2D eigenvalue weighted by atomic mass is 35.5. The van der Waals surface area contributed by atoms with Gasteiger partial charge in [-0.15, -0.1) is 0 Å². The van der Waals surface area contributed by atoms with Gasteiger partial charge in [0.1, 0.15) is 5.82 Å². The van der Waals surface area contributed by atoms with E-state index in [1.807, 2.05) is 0 Å². The molecule has 0 radical (unpaired) electrons. The molecule has 0 aliphatic heterocycles. The summed E-state index contributed by atoms with van der Waals surface area (Å²) < 4.78 is 15.0.